The molecule has 1 aliphatic rings. The van der Waals surface area contributed by atoms with Crippen LogP contribution < -0.4 is 5.32 Å². The predicted molar refractivity (Wildman–Crippen MR) is 114 cm³/mol. The molecule has 0 amide bonds. The lowest BCUT2D eigenvalue weighted by Gasteiger charge is -2.36. The fraction of sp³-hybridized carbons (Fsp3) is 0.286. The SMILES string of the molecule is Cc1nn(-c2ccnc(Nc3ccc4c(cnn4C)c3)n2)cc1CN1CC(C(=O)O)C1. The van der Waals surface area contributed by atoms with E-state index in [2.05, 4.69) is 30.4 Å². The van der Waals surface area contributed by atoms with Crippen molar-refractivity contribution in [1.29, 1.82) is 0 Å². The van der Waals surface area contributed by atoms with Gasteiger partial charge in [0, 0.05) is 61.8 Å². The molecule has 4 aromatic rings. The first-order valence-corrected chi connectivity index (χ1v) is 9.99. The van der Waals surface area contributed by atoms with E-state index in [0.29, 0.717) is 31.4 Å². The van der Waals surface area contributed by atoms with Crippen LogP contribution in [0.25, 0.3) is 16.7 Å². The third-order valence-electron chi connectivity index (χ3n) is 5.58. The number of carboxylic acids is 1. The minimum absolute atomic E-state index is 0.267. The fourth-order valence-corrected chi connectivity index (χ4v) is 3.77. The van der Waals surface area contributed by atoms with Crippen molar-refractivity contribution in [3.8, 4) is 5.82 Å². The monoisotopic (exact) mass is 418 g/mol. The van der Waals surface area contributed by atoms with Gasteiger partial charge in [0.25, 0.3) is 0 Å². The second kappa shape index (κ2) is 7.47. The number of fused-ring (bicyclic) bond motifs is 1. The lowest BCUT2D eigenvalue weighted by Crippen LogP contribution is -2.49. The summed E-state index contributed by atoms with van der Waals surface area (Å²) in [7, 11) is 1.91. The van der Waals surface area contributed by atoms with E-state index in [1.165, 1.54) is 0 Å². The summed E-state index contributed by atoms with van der Waals surface area (Å²) in [6, 6.07) is 7.78. The minimum Gasteiger partial charge on any atom is -0.481 e. The van der Waals surface area contributed by atoms with Gasteiger partial charge < -0.3 is 10.4 Å². The molecule has 5 rings (SSSR count). The van der Waals surface area contributed by atoms with Crippen LogP contribution in [0.15, 0.2) is 42.9 Å². The lowest BCUT2D eigenvalue weighted by atomic mass is 10.00. The van der Waals surface area contributed by atoms with Gasteiger partial charge in [-0.05, 0) is 25.1 Å². The van der Waals surface area contributed by atoms with Crippen LogP contribution in [0, 0.1) is 12.8 Å². The number of benzene rings is 1. The highest BCUT2D eigenvalue weighted by atomic mass is 16.4. The van der Waals surface area contributed by atoms with Crippen molar-refractivity contribution < 1.29 is 9.90 Å². The zero-order valence-corrected chi connectivity index (χ0v) is 17.2. The molecule has 3 aromatic heterocycles. The summed E-state index contributed by atoms with van der Waals surface area (Å²) in [6.07, 6.45) is 5.46. The Kier molecular flexibility index (Phi) is 4.63. The van der Waals surface area contributed by atoms with Crippen LogP contribution in [0.1, 0.15) is 11.3 Å². The van der Waals surface area contributed by atoms with Gasteiger partial charge in [0.15, 0.2) is 5.82 Å². The van der Waals surface area contributed by atoms with Crippen LogP contribution in [0.5, 0.6) is 0 Å². The summed E-state index contributed by atoms with van der Waals surface area (Å²) in [5.74, 6) is 0.132. The third-order valence-corrected chi connectivity index (χ3v) is 5.58. The van der Waals surface area contributed by atoms with Gasteiger partial charge in [0.2, 0.25) is 5.95 Å². The van der Waals surface area contributed by atoms with Crippen LogP contribution in [0.2, 0.25) is 0 Å². The molecule has 1 saturated heterocycles. The topological polar surface area (TPSA) is 114 Å². The van der Waals surface area contributed by atoms with Gasteiger partial charge in [-0.2, -0.15) is 15.2 Å². The molecule has 0 spiro atoms. The molecule has 10 nitrogen and oxygen atoms in total. The Balaban J connectivity index is 1.32. The number of hydrogen-bond acceptors (Lipinski definition) is 7. The lowest BCUT2D eigenvalue weighted by molar-refractivity contribution is -0.147. The molecule has 10 heteroatoms. The molecule has 0 atom stereocenters. The number of rotatable bonds is 6. The maximum absolute atomic E-state index is 11.0. The molecule has 0 unspecified atom stereocenters. The zero-order chi connectivity index (χ0) is 21.5. The van der Waals surface area contributed by atoms with Crippen molar-refractivity contribution in [2.24, 2.45) is 13.0 Å². The highest BCUT2D eigenvalue weighted by Crippen LogP contribution is 2.22. The maximum Gasteiger partial charge on any atom is 0.309 e. The molecule has 4 heterocycles. The highest BCUT2D eigenvalue weighted by Gasteiger charge is 2.32. The number of nitrogens with zero attached hydrogens (tertiary/aromatic N) is 7. The highest BCUT2D eigenvalue weighted by molar-refractivity contribution is 5.83. The molecule has 2 N–H and O–H groups in total. The number of anilines is 2. The molecule has 1 fully saturated rings. The largest absolute Gasteiger partial charge is 0.481 e. The van der Waals surface area contributed by atoms with Crippen molar-refractivity contribution in [1.82, 2.24) is 34.4 Å². The fourth-order valence-electron chi connectivity index (χ4n) is 3.77. The van der Waals surface area contributed by atoms with Gasteiger partial charge in [0.05, 0.1) is 23.3 Å². The standard InChI is InChI=1S/C21H22N8O2/c1-13-15(9-28-10-16(11-28)20(30)31)12-29(26-13)19-5-6-22-21(25-19)24-17-3-4-18-14(7-17)8-23-27(18)2/h3-8,12,16H,9-11H2,1-2H3,(H,30,31)(H,22,24,25). The summed E-state index contributed by atoms with van der Waals surface area (Å²) >= 11 is 0. The molecule has 158 valence electrons. The predicted octanol–water partition coefficient (Wildman–Crippen LogP) is 2.12. The second-order valence-corrected chi connectivity index (χ2v) is 7.82. The Morgan fingerprint density at radius 3 is 2.94 bits per heavy atom. The molecule has 1 aliphatic heterocycles. The maximum atomic E-state index is 11.0. The molecule has 31 heavy (non-hydrogen) atoms. The van der Waals surface area contributed by atoms with Crippen LogP contribution >= 0.6 is 0 Å². The normalized spacial score (nSPS) is 14.6. The number of aliphatic carboxylic acids is 1. The van der Waals surface area contributed by atoms with Crippen LogP contribution in [-0.2, 0) is 18.4 Å². The number of likely N-dealkylation sites (tertiary alicyclic amines) is 1. The van der Waals surface area contributed by atoms with E-state index in [-0.39, 0.29) is 5.92 Å². The van der Waals surface area contributed by atoms with Crippen molar-refractivity contribution in [3.63, 3.8) is 0 Å². The van der Waals surface area contributed by atoms with E-state index in [9.17, 15) is 4.79 Å². The Labute approximate surface area is 178 Å². The number of aryl methyl sites for hydroxylation is 2. The van der Waals surface area contributed by atoms with Gasteiger partial charge in [-0.3, -0.25) is 14.4 Å². The van der Waals surface area contributed by atoms with E-state index in [0.717, 1.165) is 27.8 Å². The van der Waals surface area contributed by atoms with E-state index < -0.39 is 5.97 Å². The second-order valence-electron chi connectivity index (χ2n) is 7.82. The van der Waals surface area contributed by atoms with Gasteiger partial charge in [0.1, 0.15) is 0 Å². The number of nitrogens with one attached hydrogen (secondary N) is 1. The molecule has 0 radical (unpaired) electrons. The summed E-state index contributed by atoms with van der Waals surface area (Å²) in [4.78, 5) is 22.0. The van der Waals surface area contributed by atoms with E-state index >= 15 is 0 Å². The van der Waals surface area contributed by atoms with Crippen LogP contribution in [0.3, 0.4) is 0 Å². The van der Waals surface area contributed by atoms with Gasteiger partial charge in [-0.25, -0.2) is 9.67 Å². The quantitative estimate of drug-likeness (QED) is 0.489. The van der Waals surface area contributed by atoms with Gasteiger partial charge >= 0.3 is 5.97 Å². The Bertz CT molecular complexity index is 1270. The summed E-state index contributed by atoms with van der Waals surface area (Å²) in [5, 5.41) is 22.2. The molecule has 1 aromatic carbocycles. The van der Waals surface area contributed by atoms with Crippen LogP contribution in [-0.4, -0.2) is 58.6 Å². The van der Waals surface area contributed by atoms with Gasteiger partial charge in [-0.15, -0.1) is 0 Å². The van der Waals surface area contributed by atoms with Crippen molar-refractivity contribution in [2.75, 3.05) is 18.4 Å². The van der Waals surface area contributed by atoms with Crippen molar-refractivity contribution in [2.45, 2.75) is 13.5 Å². The molecule has 0 saturated carbocycles. The van der Waals surface area contributed by atoms with Gasteiger partial charge in [-0.1, -0.05) is 0 Å². The first-order chi connectivity index (χ1) is 15.0. The number of aromatic nitrogens is 6. The molecular formula is C21H22N8O2. The van der Waals surface area contributed by atoms with E-state index in [1.807, 2.05) is 49.2 Å². The Morgan fingerprint density at radius 2 is 2.13 bits per heavy atom. The van der Waals surface area contributed by atoms with Crippen molar-refractivity contribution >= 4 is 28.5 Å². The third kappa shape index (κ3) is 3.73. The molecule has 0 aliphatic carbocycles. The van der Waals surface area contributed by atoms with E-state index in [4.69, 9.17) is 5.11 Å². The smallest absolute Gasteiger partial charge is 0.309 e. The summed E-state index contributed by atoms with van der Waals surface area (Å²) in [6.45, 7) is 3.77. The number of carbonyl (C=O) groups is 1. The molecule has 0 bridgehead atoms. The Hall–Kier alpha value is -3.79. The average Bonchev–Trinajstić information content (AvgIpc) is 3.27. The average molecular weight is 418 g/mol. The molecular weight excluding hydrogens is 396 g/mol. The number of hydrogen-bond donors (Lipinski definition) is 2. The zero-order valence-electron chi connectivity index (χ0n) is 17.2. The van der Waals surface area contributed by atoms with E-state index in [1.54, 1.807) is 16.9 Å². The van der Waals surface area contributed by atoms with Crippen LogP contribution in [0.4, 0.5) is 11.6 Å². The van der Waals surface area contributed by atoms with Crippen molar-refractivity contribution in [3.05, 3.63) is 54.1 Å². The Morgan fingerprint density at radius 1 is 1.29 bits per heavy atom. The minimum atomic E-state index is -0.729. The number of carboxylic acid groups (broad SMARTS) is 1. The summed E-state index contributed by atoms with van der Waals surface area (Å²) < 4.78 is 3.56. The first-order valence-electron chi connectivity index (χ1n) is 9.99. The summed E-state index contributed by atoms with van der Waals surface area (Å²) in [5.41, 5.74) is 3.88. The first kappa shape index (κ1) is 19.2.